The van der Waals surface area contributed by atoms with E-state index in [2.05, 4.69) is 0 Å². The van der Waals surface area contributed by atoms with Crippen molar-refractivity contribution in [3.8, 4) is 11.5 Å². The minimum atomic E-state index is -0.260. The molecule has 2 aromatic carbocycles. The van der Waals surface area contributed by atoms with Gasteiger partial charge in [-0.15, -0.1) is 0 Å². The number of carbonyl (C=O) groups excluding carboxylic acids is 3. The predicted octanol–water partition coefficient (Wildman–Crippen LogP) is 4.27. The van der Waals surface area contributed by atoms with E-state index in [1.807, 2.05) is 31.2 Å². The number of fused-ring (bicyclic) bond motifs is 1. The standard InChI is InChI=1S/C28H28N2O6/c1-2-19-7-3-4-8-24(19)34-17-23(31)20-9-11-25-22(15-20)30(27(32)18-35-25)16-21-10-12-26(36-21)28(33)29-13-5-6-14-29/h3-4,7-12,15H,2,5-6,13-14,16-18H2,1H3. The van der Waals surface area contributed by atoms with Crippen molar-refractivity contribution in [2.45, 2.75) is 32.7 Å². The molecule has 1 saturated heterocycles. The summed E-state index contributed by atoms with van der Waals surface area (Å²) in [6, 6.07) is 16.0. The van der Waals surface area contributed by atoms with E-state index in [1.54, 1.807) is 35.2 Å². The molecule has 0 radical (unpaired) electrons. The van der Waals surface area contributed by atoms with Gasteiger partial charge in [0, 0.05) is 18.7 Å². The Morgan fingerprint density at radius 2 is 1.83 bits per heavy atom. The molecule has 0 bridgehead atoms. The summed E-state index contributed by atoms with van der Waals surface area (Å²) >= 11 is 0. The third-order valence-electron chi connectivity index (χ3n) is 6.52. The lowest BCUT2D eigenvalue weighted by Crippen LogP contribution is -2.38. The Morgan fingerprint density at radius 1 is 1.03 bits per heavy atom. The van der Waals surface area contributed by atoms with Crippen LogP contribution < -0.4 is 14.4 Å². The first-order valence-electron chi connectivity index (χ1n) is 12.2. The highest BCUT2D eigenvalue weighted by atomic mass is 16.5. The zero-order valence-electron chi connectivity index (χ0n) is 20.2. The summed E-state index contributed by atoms with van der Waals surface area (Å²) in [6.07, 6.45) is 2.79. The van der Waals surface area contributed by atoms with Crippen molar-refractivity contribution < 1.29 is 28.3 Å². The lowest BCUT2D eigenvalue weighted by molar-refractivity contribution is -0.121. The fourth-order valence-electron chi connectivity index (χ4n) is 4.52. The van der Waals surface area contributed by atoms with Gasteiger partial charge in [0.2, 0.25) is 0 Å². The lowest BCUT2D eigenvalue weighted by Gasteiger charge is -2.29. The Balaban J connectivity index is 1.32. The molecule has 0 N–H and O–H groups in total. The summed E-state index contributed by atoms with van der Waals surface area (Å²) in [5, 5.41) is 0. The van der Waals surface area contributed by atoms with Gasteiger partial charge >= 0.3 is 0 Å². The monoisotopic (exact) mass is 488 g/mol. The maximum absolute atomic E-state index is 12.9. The van der Waals surface area contributed by atoms with Crippen LogP contribution in [0.3, 0.4) is 0 Å². The van der Waals surface area contributed by atoms with Crippen molar-refractivity contribution in [2.75, 3.05) is 31.2 Å². The van der Waals surface area contributed by atoms with Gasteiger partial charge in [-0.2, -0.15) is 0 Å². The smallest absolute Gasteiger partial charge is 0.289 e. The summed E-state index contributed by atoms with van der Waals surface area (Å²) in [5.41, 5.74) is 1.92. The fraction of sp³-hybridized carbons (Fsp3) is 0.321. The normalized spacial score (nSPS) is 15.0. The van der Waals surface area contributed by atoms with E-state index in [1.165, 1.54) is 4.90 Å². The molecule has 2 aliphatic heterocycles. The number of nitrogens with zero attached hydrogens (tertiary/aromatic N) is 2. The van der Waals surface area contributed by atoms with Crippen molar-refractivity contribution in [3.63, 3.8) is 0 Å². The Bertz CT molecular complexity index is 1290. The first-order valence-corrected chi connectivity index (χ1v) is 12.2. The largest absolute Gasteiger partial charge is 0.485 e. The Kier molecular flexibility index (Phi) is 6.75. The molecule has 186 valence electrons. The molecule has 3 heterocycles. The molecule has 0 saturated carbocycles. The van der Waals surface area contributed by atoms with Crippen molar-refractivity contribution in [3.05, 3.63) is 77.2 Å². The molecule has 0 aliphatic carbocycles. The minimum absolute atomic E-state index is 0.114. The number of ketones is 1. The summed E-state index contributed by atoms with van der Waals surface area (Å²) in [7, 11) is 0. The summed E-state index contributed by atoms with van der Waals surface area (Å²) in [4.78, 5) is 41.6. The summed E-state index contributed by atoms with van der Waals surface area (Å²) in [5.74, 6) is 1.33. The van der Waals surface area contributed by atoms with Gasteiger partial charge in [0.1, 0.15) is 17.3 Å². The number of likely N-dealkylation sites (tertiary alicyclic amines) is 1. The molecule has 0 atom stereocenters. The van der Waals surface area contributed by atoms with Crippen LogP contribution in [0.2, 0.25) is 0 Å². The van der Waals surface area contributed by atoms with Crippen molar-refractivity contribution >= 4 is 23.3 Å². The van der Waals surface area contributed by atoms with E-state index >= 15 is 0 Å². The average Bonchev–Trinajstić information content (AvgIpc) is 3.61. The molecule has 2 amide bonds. The quantitative estimate of drug-likeness (QED) is 0.440. The molecule has 3 aromatic rings. The highest BCUT2D eigenvalue weighted by Gasteiger charge is 2.29. The number of ether oxygens (including phenoxy) is 2. The van der Waals surface area contributed by atoms with Gasteiger partial charge in [-0.05, 0) is 61.2 Å². The van der Waals surface area contributed by atoms with Gasteiger partial charge in [0.15, 0.2) is 24.8 Å². The Morgan fingerprint density at radius 3 is 2.64 bits per heavy atom. The highest BCUT2D eigenvalue weighted by Crippen LogP contribution is 2.34. The third kappa shape index (κ3) is 4.84. The number of carbonyl (C=O) groups is 3. The summed E-state index contributed by atoms with van der Waals surface area (Å²) in [6.45, 7) is 3.38. The highest BCUT2D eigenvalue weighted by molar-refractivity contribution is 6.02. The van der Waals surface area contributed by atoms with Gasteiger partial charge in [-0.1, -0.05) is 25.1 Å². The molecule has 36 heavy (non-hydrogen) atoms. The van der Waals surface area contributed by atoms with Crippen LogP contribution in [0.25, 0.3) is 0 Å². The van der Waals surface area contributed by atoms with Crippen LogP contribution in [0.15, 0.2) is 59.0 Å². The third-order valence-corrected chi connectivity index (χ3v) is 6.52. The first-order chi connectivity index (χ1) is 17.5. The van der Waals surface area contributed by atoms with Gasteiger partial charge < -0.3 is 18.8 Å². The molecule has 1 fully saturated rings. The van der Waals surface area contributed by atoms with E-state index in [0.29, 0.717) is 28.5 Å². The number of furan rings is 1. The van der Waals surface area contributed by atoms with Crippen molar-refractivity contribution in [2.24, 2.45) is 0 Å². The molecule has 0 unspecified atom stereocenters. The molecular formula is C28H28N2O6. The van der Waals surface area contributed by atoms with E-state index in [9.17, 15) is 14.4 Å². The van der Waals surface area contributed by atoms with Gasteiger partial charge in [0.25, 0.3) is 11.8 Å². The Hall–Kier alpha value is -4.07. The molecule has 0 spiro atoms. The zero-order chi connectivity index (χ0) is 25.1. The van der Waals surface area contributed by atoms with E-state index in [0.717, 1.165) is 37.9 Å². The molecule has 2 aliphatic rings. The molecule has 8 nitrogen and oxygen atoms in total. The number of rotatable bonds is 8. The maximum Gasteiger partial charge on any atom is 0.289 e. The van der Waals surface area contributed by atoms with Crippen LogP contribution in [0.5, 0.6) is 11.5 Å². The topological polar surface area (TPSA) is 89.3 Å². The van der Waals surface area contributed by atoms with Crippen molar-refractivity contribution in [1.29, 1.82) is 0 Å². The number of para-hydroxylation sites is 1. The first kappa shape index (κ1) is 23.7. The number of hydrogen-bond donors (Lipinski definition) is 0. The van der Waals surface area contributed by atoms with Crippen LogP contribution in [0.4, 0.5) is 5.69 Å². The maximum atomic E-state index is 12.9. The number of benzene rings is 2. The van der Waals surface area contributed by atoms with Crippen LogP contribution in [-0.2, 0) is 17.8 Å². The minimum Gasteiger partial charge on any atom is -0.485 e. The van der Waals surface area contributed by atoms with E-state index in [4.69, 9.17) is 13.9 Å². The number of amides is 2. The number of anilines is 1. The molecule has 8 heteroatoms. The second-order valence-corrected chi connectivity index (χ2v) is 8.89. The second kappa shape index (κ2) is 10.3. The van der Waals surface area contributed by atoms with Crippen LogP contribution in [-0.4, -0.2) is 48.8 Å². The van der Waals surface area contributed by atoms with E-state index < -0.39 is 0 Å². The van der Waals surface area contributed by atoms with Gasteiger partial charge in [0.05, 0.1) is 12.2 Å². The average molecular weight is 489 g/mol. The zero-order valence-corrected chi connectivity index (χ0v) is 20.2. The number of Topliss-reactive ketones (excluding diaryl/α,β-unsaturated/α-hetero) is 1. The van der Waals surface area contributed by atoms with Crippen LogP contribution in [0, 0.1) is 0 Å². The number of hydrogen-bond acceptors (Lipinski definition) is 6. The van der Waals surface area contributed by atoms with Crippen LogP contribution in [0.1, 0.15) is 52.0 Å². The number of aryl methyl sites for hydroxylation is 1. The molecular weight excluding hydrogens is 460 g/mol. The van der Waals surface area contributed by atoms with Crippen molar-refractivity contribution in [1.82, 2.24) is 4.90 Å². The summed E-state index contributed by atoms with van der Waals surface area (Å²) < 4.78 is 17.2. The van der Waals surface area contributed by atoms with E-state index in [-0.39, 0.29) is 43.1 Å². The molecule has 1 aromatic heterocycles. The Labute approximate surface area is 209 Å². The molecule has 5 rings (SSSR count). The van der Waals surface area contributed by atoms with Crippen LogP contribution >= 0.6 is 0 Å². The van der Waals surface area contributed by atoms with Gasteiger partial charge in [-0.3, -0.25) is 19.3 Å². The second-order valence-electron chi connectivity index (χ2n) is 8.89. The SMILES string of the molecule is CCc1ccccc1OCC(=O)c1ccc2c(c1)N(Cc1ccc(C(=O)N3CCCC3)o1)C(=O)CO2. The van der Waals surface area contributed by atoms with Gasteiger partial charge in [-0.25, -0.2) is 0 Å². The lowest BCUT2D eigenvalue weighted by atomic mass is 10.1. The predicted molar refractivity (Wildman–Crippen MR) is 133 cm³/mol. The fourth-order valence-corrected chi connectivity index (χ4v) is 4.52.